The first-order chi connectivity index (χ1) is 6.16. The Morgan fingerprint density at radius 1 is 1.38 bits per heavy atom. The summed E-state index contributed by atoms with van der Waals surface area (Å²) >= 11 is 1.17. The molecule has 0 spiro atoms. The third-order valence-electron chi connectivity index (χ3n) is 1.60. The van der Waals surface area contributed by atoms with Crippen LogP contribution in [0.15, 0.2) is 18.2 Å². The van der Waals surface area contributed by atoms with E-state index in [0.717, 1.165) is 10.2 Å². The fourth-order valence-corrected chi connectivity index (χ4v) is 2.56. The Morgan fingerprint density at radius 3 is 2.85 bits per heavy atom. The molecular formula is C7H6N2O2S2. The molecule has 68 valence electrons. The molecular weight excluding hydrogens is 208 g/mol. The van der Waals surface area contributed by atoms with Gasteiger partial charge in [-0.3, -0.25) is 0 Å². The van der Waals surface area contributed by atoms with Crippen molar-refractivity contribution in [1.29, 1.82) is 0 Å². The van der Waals surface area contributed by atoms with Crippen molar-refractivity contribution in [2.75, 3.05) is 5.73 Å². The Kier molecular flexibility index (Phi) is 1.86. The molecule has 3 N–H and O–H groups in total. The van der Waals surface area contributed by atoms with E-state index in [1.807, 2.05) is 0 Å². The number of nitrogens with two attached hydrogens (primary N) is 1. The average molecular weight is 214 g/mol. The lowest BCUT2D eigenvalue weighted by Crippen LogP contribution is -1.81. The molecule has 0 saturated carbocycles. The number of hydrogen-bond acceptors (Lipinski definition) is 4. The molecule has 0 aliphatic heterocycles. The molecule has 2 rings (SSSR count). The van der Waals surface area contributed by atoms with Crippen molar-refractivity contribution in [3.8, 4) is 0 Å². The summed E-state index contributed by atoms with van der Waals surface area (Å²) in [5.41, 5.74) is 6.97. The molecule has 1 heterocycles. The van der Waals surface area contributed by atoms with Crippen molar-refractivity contribution in [2.24, 2.45) is 0 Å². The van der Waals surface area contributed by atoms with Crippen LogP contribution in [-0.2, 0) is 10.3 Å². The highest BCUT2D eigenvalue weighted by molar-refractivity contribution is 7.66. The van der Waals surface area contributed by atoms with E-state index in [1.54, 1.807) is 18.2 Å². The van der Waals surface area contributed by atoms with E-state index < -0.39 is 10.3 Å². The number of rotatable bonds is 0. The lowest BCUT2D eigenvalue weighted by Gasteiger charge is -1.89. The van der Waals surface area contributed by atoms with Crippen molar-refractivity contribution in [1.82, 2.24) is 4.98 Å². The van der Waals surface area contributed by atoms with E-state index in [2.05, 4.69) is 4.98 Å². The van der Waals surface area contributed by atoms with Crippen LogP contribution in [0.25, 0.3) is 10.2 Å². The highest BCUT2D eigenvalue weighted by Gasteiger charge is 1.97. The third-order valence-corrected chi connectivity index (χ3v) is 3.50. The van der Waals surface area contributed by atoms with Crippen LogP contribution < -0.4 is 5.73 Å². The maximum Gasteiger partial charge on any atom is 0.248 e. The predicted octanol–water partition coefficient (Wildman–Crippen LogP) is 1.22. The van der Waals surface area contributed by atoms with Gasteiger partial charge in [0.25, 0.3) is 0 Å². The molecule has 0 unspecified atom stereocenters. The van der Waals surface area contributed by atoms with Crippen LogP contribution >= 0.6 is 11.3 Å². The van der Waals surface area contributed by atoms with Crippen molar-refractivity contribution in [2.45, 2.75) is 0 Å². The lowest BCUT2D eigenvalue weighted by atomic mass is 10.3. The number of benzene rings is 1. The Bertz CT molecular complexity index is 613. The minimum atomic E-state index is -2.20. The lowest BCUT2D eigenvalue weighted by molar-refractivity contribution is 0.624. The second kappa shape index (κ2) is 2.90. The summed E-state index contributed by atoms with van der Waals surface area (Å²) in [6.45, 7) is 0. The zero-order valence-corrected chi connectivity index (χ0v) is 8.08. The molecule has 1 aromatic heterocycles. The second-order valence-corrected chi connectivity index (χ2v) is 4.69. The topological polar surface area (TPSA) is 76.0 Å². The van der Waals surface area contributed by atoms with Gasteiger partial charge in [0.15, 0.2) is 0 Å². The van der Waals surface area contributed by atoms with Gasteiger partial charge in [0.1, 0.15) is 0 Å². The number of hydrogen-bond donors (Lipinski definition) is 2. The smallest absolute Gasteiger partial charge is 0.248 e. The molecule has 0 radical (unpaired) electrons. The molecule has 2 aromatic rings. The number of fused-ring (bicyclic) bond motifs is 1. The molecule has 0 bridgehead atoms. The molecule has 0 aliphatic carbocycles. The summed E-state index contributed by atoms with van der Waals surface area (Å²) in [6.07, 6.45) is 0. The molecule has 0 amide bonds. The Hall–Kier alpha value is -1.27. The van der Waals surface area contributed by atoms with Crippen LogP contribution in [0.3, 0.4) is 0 Å². The first kappa shape index (κ1) is 8.33. The highest BCUT2D eigenvalue weighted by atomic mass is 32.2. The first-order valence-electron chi connectivity index (χ1n) is 3.47. The number of thiazole rings is 1. The Balaban J connectivity index is 3.00. The van der Waals surface area contributed by atoms with Gasteiger partial charge in [-0.15, -0.1) is 11.3 Å². The summed E-state index contributed by atoms with van der Waals surface area (Å²) in [4.78, 5) is 2.77. The number of nitrogens with one attached hydrogen (secondary N) is 1. The molecule has 0 saturated heterocycles. The van der Waals surface area contributed by atoms with E-state index in [-0.39, 0.29) is 3.95 Å². The first-order valence-corrected chi connectivity index (χ1v) is 5.36. The van der Waals surface area contributed by atoms with Crippen LogP contribution in [-0.4, -0.2) is 13.4 Å². The summed E-state index contributed by atoms with van der Waals surface area (Å²) in [5.74, 6) is 0. The average Bonchev–Trinajstić information content (AvgIpc) is 2.46. The van der Waals surface area contributed by atoms with Crippen molar-refractivity contribution in [3.63, 3.8) is 0 Å². The molecule has 0 aliphatic rings. The number of aromatic nitrogens is 1. The molecule has 4 nitrogen and oxygen atoms in total. The Morgan fingerprint density at radius 2 is 2.15 bits per heavy atom. The monoisotopic (exact) mass is 214 g/mol. The SMILES string of the molecule is Nc1ccc2[nH]c(=S(=O)=O)sc2c1. The number of H-pyrrole nitrogens is 1. The van der Waals surface area contributed by atoms with E-state index >= 15 is 0 Å². The van der Waals surface area contributed by atoms with Gasteiger partial charge in [0.05, 0.1) is 10.2 Å². The van der Waals surface area contributed by atoms with Gasteiger partial charge in [-0.25, -0.2) is 0 Å². The van der Waals surface area contributed by atoms with Crippen molar-refractivity contribution < 1.29 is 8.42 Å². The van der Waals surface area contributed by atoms with Crippen molar-refractivity contribution >= 4 is 37.5 Å². The van der Waals surface area contributed by atoms with E-state index in [1.165, 1.54) is 11.3 Å². The predicted molar refractivity (Wildman–Crippen MR) is 52.8 cm³/mol. The molecule has 0 fully saturated rings. The normalized spacial score (nSPS) is 10.5. The zero-order valence-electron chi connectivity index (χ0n) is 6.44. The van der Waals surface area contributed by atoms with Gasteiger partial charge in [-0.1, -0.05) is 0 Å². The van der Waals surface area contributed by atoms with E-state index in [0.29, 0.717) is 5.69 Å². The minimum Gasteiger partial charge on any atom is -0.399 e. The molecule has 1 aromatic carbocycles. The van der Waals surface area contributed by atoms with Crippen molar-refractivity contribution in [3.05, 3.63) is 22.2 Å². The van der Waals surface area contributed by atoms with Gasteiger partial charge < -0.3 is 10.7 Å². The van der Waals surface area contributed by atoms with Crippen LogP contribution in [0.2, 0.25) is 0 Å². The largest absolute Gasteiger partial charge is 0.399 e. The molecule has 13 heavy (non-hydrogen) atoms. The maximum atomic E-state index is 10.6. The van der Waals surface area contributed by atoms with Gasteiger partial charge in [-0.2, -0.15) is 8.42 Å². The standard InChI is InChI=1S/C7H6N2O2S2/c8-4-1-2-5-6(3-4)12-7(9-5)13(10)11/h1-3,9H,8H2. The van der Waals surface area contributed by atoms with Crippen LogP contribution in [0.4, 0.5) is 5.69 Å². The summed E-state index contributed by atoms with van der Waals surface area (Å²) in [7, 11) is -2.20. The Labute approximate surface area is 79.2 Å². The quantitative estimate of drug-likeness (QED) is 0.511. The zero-order chi connectivity index (χ0) is 9.42. The van der Waals surface area contributed by atoms with Crippen LogP contribution in [0.1, 0.15) is 0 Å². The number of aromatic amines is 1. The minimum absolute atomic E-state index is 0.223. The van der Waals surface area contributed by atoms with E-state index in [9.17, 15) is 8.42 Å². The number of nitrogen functional groups attached to an aromatic ring is 1. The van der Waals surface area contributed by atoms with Gasteiger partial charge >= 0.3 is 0 Å². The fraction of sp³-hybridized carbons (Fsp3) is 0. The van der Waals surface area contributed by atoms with E-state index in [4.69, 9.17) is 5.73 Å². The van der Waals surface area contributed by atoms with Gasteiger partial charge in [0, 0.05) is 5.69 Å². The van der Waals surface area contributed by atoms with Gasteiger partial charge in [-0.05, 0) is 18.2 Å². The molecule has 6 heteroatoms. The number of anilines is 1. The van der Waals surface area contributed by atoms with Crippen LogP contribution in [0.5, 0.6) is 0 Å². The van der Waals surface area contributed by atoms with Gasteiger partial charge in [0.2, 0.25) is 14.2 Å². The maximum absolute atomic E-state index is 10.6. The summed E-state index contributed by atoms with van der Waals surface area (Å²) in [5, 5.41) is 0. The molecule has 0 atom stereocenters. The van der Waals surface area contributed by atoms with Crippen LogP contribution in [0, 0.1) is 3.95 Å². The third kappa shape index (κ3) is 1.45. The fourth-order valence-electron chi connectivity index (χ4n) is 1.04. The summed E-state index contributed by atoms with van der Waals surface area (Å²) < 4.78 is 22.3. The highest BCUT2D eigenvalue weighted by Crippen LogP contribution is 2.20. The second-order valence-electron chi connectivity index (χ2n) is 2.50. The summed E-state index contributed by atoms with van der Waals surface area (Å²) in [6, 6.07) is 5.23.